The standard InChI is InChI=1S/C27H25N3O5S2/c1-4-34-24-15-18(9-14-23(24)35-17-19-7-5-6-8-22(19)30(32)33)16-25-26(31)29(27(36)37-25)21-12-10-20(11-13-21)28(2)3/h5-16H,4,17H2,1-3H3/b25-16+. The van der Waals surface area contributed by atoms with Gasteiger partial charge in [0, 0.05) is 25.8 Å². The molecule has 0 spiro atoms. The molecular weight excluding hydrogens is 510 g/mol. The number of anilines is 2. The summed E-state index contributed by atoms with van der Waals surface area (Å²) >= 11 is 6.74. The van der Waals surface area contributed by atoms with Crippen LogP contribution in [0.15, 0.2) is 71.6 Å². The molecule has 0 aromatic heterocycles. The number of nitro benzene ring substituents is 1. The predicted octanol–water partition coefficient (Wildman–Crippen LogP) is 6.04. The lowest BCUT2D eigenvalue weighted by Gasteiger charge is -2.17. The van der Waals surface area contributed by atoms with Crippen molar-refractivity contribution in [2.75, 3.05) is 30.5 Å². The number of benzene rings is 3. The summed E-state index contributed by atoms with van der Waals surface area (Å²) in [5.74, 6) is 0.734. The van der Waals surface area contributed by atoms with Crippen molar-refractivity contribution in [3.05, 3.63) is 92.9 Å². The van der Waals surface area contributed by atoms with Gasteiger partial charge in [0.25, 0.3) is 11.6 Å². The molecule has 3 aromatic carbocycles. The molecule has 190 valence electrons. The minimum atomic E-state index is -0.433. The fourth-order valence-corrected chi connectivity index (χ4v) is 5.01. The number of thioether (sulfide) groups is 1. The summed E-state index contributed by atoms with van der Waals surface area (Å²) in [7, 11) is 3.91. The minimum Gasteiger partial charge on any atom is -0.490 e. The number of hydrogen-bond acceptors (Lipinski definition) is 8. The SMILES string of the molecule is CCOc1cc(/C=C2/SC(=S)N(c3ccc(N(C)C)cc3)C2=O)ccc1OCc1ccccc1[N+](=O)[O-]. The fraction of sp³-hybridized carbons (Fsp3) is 0.185. The molecule has 1 heterocycles. The first-order valence-electron chi connectivity index (χ1n) is 11.5. The number of carbonyl (C=O) groups excluding carboxylic acids is 1. The summed E-state index contributed by atoms with van der Waals surface area (Å²) in [6, 6.07) is 19.4. The molecule has 0 radical (unpaired) electrons. The van der Waals surface area contributed by atoms with E-state index in [1.54, 1.807) is 42.5 Å². The summed E-state index contributed by atoms with van der Waals surface area (Å²) in [6.07, 6.45) is 1.77. The zero-order valence-electron chi connectivity index (χ0n) is 20.5. The first-order valence-corrected chi connectivity index (χ1v) is 12.7. The van der Waals surface area contributed by atoms with Crippen LogP contribution in [0.4, 0.5) is 17.1 Å². The molecule has 1 saturated heterocycles. The predicted molar refractivity (Wildman–Crippen MR) is 151 cm³/mol. The van der Waals surface area contributed by atoms with Crippen LogP contribution in [0.3, 0.4) is 0 Å². The third-order valence-corrected chi connectivity index (χ3v) is 6.86. The number of nitro groups is 1. The van der Waals surface area contributed by atoms with E-state index >= 15 is 0 Å². The average Bonchev–Trinajstić information content (AvgIpc) is 3.16. The highest BCUT2D eigenvalue weighted by atomic mass is 32.2. The molecule has 37 heavy (non-hydrogen) atoms. The van der Waals surface area contributed by atoms with Gasteiger partial charge in [-0.05, 0) is 61.0 Å². The second-order valence-electron chi connectivity index (χ2n) is 8.24. The lowest BCUT2D eigenvalue weighted by Crippen LogP contribution is -2.27. The van der Waals surface area contributed by atoms with Crippen LogP contribution in [0.5, 0.6) is 11.5 Å². The summed E-state index contributed by atoms with van der Waals surface area (Å²) in [5.41, 5.74) is 2.93. The molecule has 1 aliphatic heterocycles. The summed E-state index contributed by atoms with van der Waals surface area (Å²) in [6.45, 7) is 2.27. The number of amides is 1. The molecule has 0 bridgehead atoms. The van der Waals surface area contributed by atoms with Crippen LogP contribution in [0.1, 0.15) is 18.1 Å². The number of para-hydroxylation sites is 1. The maximum atomic E-state index is 13.2. The summed E-state index contributed by atoms with van der Waals surface area (Å²) < 4.78 is 12.1. The van der Waals surface area contributed by atoms with Crippen molar-refractivity contribution >= 4 is 57.3 Å². The zero-order chi connectivity index (χ0) is 26.5. The third kappa shape index (κ3) is 5.92. The maximum Gasteiger partial charge on any atom is 0.276 e. The van der Waals surface area contributed by atoms with Crippen LogP contribution < -0.4 is 19.3 Å². The van der Waals surface area contributed by atoms with E-state index in [4.69, 9.17) is 21.7 Å². The highest BCUT2D eigenvalue weighted by Gasteiger charge is 2.33. The quantitative estimate of drug-likeness (QED) is 0.142. The molecule has 1 amide bonds. The van der Waals surface area contributed by atoms with Crippen LogP contribution in [0, 0.1) is 10.1 Å². The topological polar surface area (TPSA) is 85.2 Å². The van der Waals surface area contributed by atoms with Crippen LogP contribution in [0.25, 0.3) is 6.08 Å². The second kappa shape index (κ2) is 11.4. The number of hydrogen-bond donors (Lipinski definition) is 0. The largest absolute Gasteiger partial charge is 0.490 e. The van der Waals surface area contributed by atoms with Crippen molar-refractivity contribution in [2.24, 2.45) is 0 Å². The Morgan fingerprint density at radius 1 is 1.05 bits per heavy atom. The van der Waals surface area contributed by atoms with Gasteiger partial charge in [-0.1, -0.05) is 42.2 Å². The van der Waals surface area contributed by atoms with E-state index in [0.29, 0.717) is 38.6 Å². The van der Waals surface area contributed by atoms with Gasteiger partial charge in [0.1, 0.15) is 6.61 Å². The first kappa shape index (κ1) is 26.2. The van der Waals surface area contributed by atoms with Crippen molar-refractivity contribution in [3.8, 4) is 11.5 Å². The number of nitrogens with zero attached hydrogens (tertiary/aromatic N) is 3. The Labute approximate surface area is 224 Å². The van der Waals surface area contributed by atoms with Gasteiger partial charge in [-0.2, -0.15) is 0 Å². The number of carbonyl (C=O) groups is 1. The van der Waals surface area contributed by atoms with Gasteiger partial charge in [-0.25, -0.2) is 0 Å². The molecular formula is C27H25N3O5S2. The molecule has 0 saturated carbocycles. The zero-order valence-corrected chi connectivity index (χ0v) is 22.2. The van der Waals surface area contributed by atoms with Gasteiger partial charge >= 0.3 is 0 Å². The van der Waals surface area contributed by atoms with Gasteiger partial charge in [0.05, 0.1) is 27.7 Å². The Bertz CT molecular complexity index is 1370. The molecule has 8 nitrogen and oxygen atoms in total. The van der Waals surface area contributed by atoms with Gasteiger partial charge in [-0.3, -0.25) is 19.8 Å². The normalized spacial score (nSPS) is 14.2. The fourth-order valence-electron chi connectivity index (χ4n) is 3.71. The number of rotatable bonds is 9. The molecule has 0 atom stereocenters. The lowest BCUT2D eigenvalue weighted by molar-refractivity contribution is -0.385. The molecule has 1 aliphatic rings. The van der Waals surface area contributed by atoms with Crippen LogP contribution in [-0.4, -0.2) is 35.9 Å². The van der Waals surface area contributed by atoms with Gasteiger partial charge in [0.15, 0.2) is 15.8 Å². The Kier molecular flexibility index (Phi) is 8.10. The highest BCUT2D eigenvalue weighted by Crippen LogP contribution is 2.38. The van der Waals surface area contributed by atoms with Crippen LogP contribution in [0.2, 0.25) is 0 Å². The average molecular weight is 536 g/mol. The van der Waals surface area contributed by atoms with E-state index in [1.807, 2.05) is 50.2 Å². The molecule has 4 rings (SSSR count). The second-order valence-corrected chi connectivity index (χ2v) is 9.92. The van der Waals surface area contributed by atoms with Gasteiger partial charge < -0.3 is 14.4 Å². The van der Waals surface area contributed by atoms with Crippen LogP contribution in [-0.2, 0) is 11.4 Å². The van der Waals surface area contributed by atoms with Crippen LogP contribution >= 0.6 is 24.0 Å². The Morgan fingerprint density at radius 3 is 2.46 bits per heavy atom. The molecule has 3 aromatic rings. The Balaban J connectivity index is 1.55. The molecule has 1 fully saturated rings. The summed E-state index contributed by atoms with van der Waals surface area (Å²) in [5, 5.41) is 11.3. The van der Waals surface area contributed by atoms with Crippen molar-refractivity contribution < 1.29 is 19.2 Å². The minimum absolute atomic E-state index is 0.00420. The van der Waals surface area contributed by atoms with E-state index < -0.39 is 4.92 Å². The molecule has 0 unspecified atom stereocenters. The van der Waals surface area contributed by atoms with E-state index in [9.17, 15) is 14.9 Å². The molecule has 10 heteroatoms. The van der Waals surface area contributed by atoms with E-state index in [2.05, 4.69) is 0 Å². The Morgan fingerprint density at radius 2 is 1.78 bits per heavy atom. The maximum absolute atomic E-state index is 13.2. The first-order chi connectivity index (χ1) is 17.8. The molecule has 0 aliphatic carbocycles. The van der Waals surface area contributed by atoms with Crippen molar-refractivity contribution in [1.82, 2.24) is 0 Å². The third-order valence-electron chi connectivity index (χ3n) is 5.55. The van der Waals surface area contributed by atoms with Crippen molar-refractivity contribution in [2.45, 2.75) is 13.5 Å². The smallest absolute Gasteiger partial charge is 0.276 e. The van der Waals surface area contributed by atoms with Crippen molar-refractivity contribution in [1.29, 1.82) is 0 Å². The highest BCUT2D eigenvalue weighted by molar-refractivity contribution is 8.27. The van der Waals surface area contributed by atoms with Gasteiger partial charge in [0.2, 0.25) is 0 Å². The summed E-state index contributed by atoms with van der Waals surface area (Å²) in [4.78, 5) is 28.1. The monoisotopic (exact) mass is 535 g/mol. The van der Waals surface area contributed by atoms with Gasteiger partial charge in [-0.15, -0.1) is 0 Å². The number of ether oxygens (including phenoxy) is 2. The Hall–Kier alpha value is -3.89. The number of thiocarbonyl (C=S) groups is 1. The van der Waals surface area contributed by atoms with Crippen molar-refractivity contribution in [3.63, 3.8) is 0 Å². The van der Waals surface area contributed by atoms with E-state index in [-0.39, 0.29) is 18.2 Å². The molecule has 0 N–H and O–H groups in total. The van der Waals surface area contributed by atoms with E-state index in [0.717, 1.165) is 11.3 Å². The van der Waals surface area contributed by atoms with E-state index in [1.165, 1.54) is 22.7 Å². The lowest BCUT2D eigenvalue weighted by atomic mass is 10.1.